The number of nitrogens with zero attached hydrogens (tertiary/aromatic N) is 2. The Morgan fingerprint density at radius 3 is 2.40 bits per heavy atom. The van der Waals surface area contributed by atoms with Gasteiger partial charge >= 0.3 is 0 Å². The van der Waals surface area contributed by atoms with Crippen molar-refractivity contribution in [2.45, 2.75) is 19.8 Å². The Labute approximate surface area is 178 Å². The predicted octanol–water partition coefficient (Wildman–Crippen LogP) is 3.02. The zero-order chi connectivity index (χ0) is 21.6. The van der Waals surface area contributed by atoms with Crippen LogP contribution in [-0.4, -0.2) is 53.4 Å². The Bertz CT molecular complexity index is 955. The van der Waals surface area contributed by atoms with Crippen molar-refractivity contribution in [1.82, 2.24) is 0 Å². The van der Waals surface area contributed by atoms with E-state index < -0.39 is 10.0 Å². The fourth-order valence-electron chi connectivity index (χ4n) is 3.49. The Morgan fingerprint density at radius 2 is 1.77 bits per heavy atom. The average molecular weight is 432 g/mol. The van der Waals surface area contributed by atoms with Crippen LogP contribution in [0.2, 0.25) is 0 Å². The second-order valence-corrected chi connectivity index (χ2v) is 9.33. The predicted molar refractivity (Wildman–Crippen MR) is 121 cm³/mol. The number of anilines is 3. The minimum atomic E-state index is -3.42. The molecule has 0 unspecified atom stereocenters. The first kappa shape index (κ1) is 22.1. The van der Waals surface area contributed by atoms with Gasteiger partial charge in [-0.2, -0.15) is 0 Å². The summed E-state index contributed by atoms with van der Waals surface area (Å²) in [6, 6.07) is 15.1. The molecule has 8 heteroatoms. The molecule has 1 fully saturated rings. The summed E-state index contributed by atoms with van der Waals surface area (Å²) in [6.45, 7) is 5.32. The van der Waals surface area contributed by atoms with Gasteiger partial charge in [0.15, 0.2) is 0 Å². The van der Waals surface area contributed by atoms with Crippen molar-refractivity contribution in [3.05, 3.63) is 54.1 Å². The number of para-hydroxylation sites is 1. The van der Waals surface area contributed by atoms with E-state index >= 15 is 0 Å². The number of sulfonamides is 1. The lowest BCUT2D eigenvalue weighted by Gasteiger charge is -2.28. The molecule has 0 bridgehead atoms. The molecular formula is C22H29N3O4S. The second-order valence-electron chi connectivity index (χ2n) is 7.42. The summed E-state index contributed by atoms with van der Waals surface area (Å²) in [5.74, 6) is -0.132. The standard InChI is InChI=1S/C22H29N3O4S/c1-18-6-3-4-7-21(18)25(30(2,27)28)13-5-8-22(26)23-19-9-11-20(12-10-19)24-14-16-29-17-15-24/h3-4,6-7,9-12H,5,8,13-17H2,1-2H3,(H,23,26). The molecule has 1 saturated heterocycles. The summed E-state index contributed by atoms with van der Waals surface area (Å²) in [7, 11) is -3.42. The van der Waals surface area contributed by atoms with Gasteiger partial charge in [0.2, 0.25) is 15.9 Å². The van der Waals surface area contributed by atoms with Gasteiger partial charge in [-0.25, -0.2) is 8.42 Å². The Kier molecular flexibility index (Phi) is 7.33. The van der Waals surface area contributed by atoms with E-state index in [9.17, 15) is 13.2 Å². The minimum absolute atomic E-state index is 0.132. The first-order valence-electron chi connectivity index (χ1n) is 10.1. The van der Waals surface area contributed by atoms with E-state index in [1.165, 1.54) is 10.6 Å². The maximum absolute atomic E-state index is 12.3. The molecule has 1 amide bonds. The third-order valence-electron chi connectivity index (χ3n) is 5.08. The van der Waals surface area contributed by atoms with Gasteiger partial charge < -0.3 is 15.0 Å². The number of hydrogen-bond acceptors (Lipinski definition) is 5. The Morgan fingerprint density at radius 1 is 1.10 bits per heavy atom. The Hall–Kier alpha value is -2.58. The van der Waals surface area contributed by atoms with Crippen LogP contribution in [0.1, 0.15) is 18.4 Å². The molecule has 0 spiro atoms. The van der Waals surface area contributed by atoms with Crippen LogP contribution in [0.4, 0.5) is 17.1 Å². The summed E-state index contributed by atoms with van der Waals surface area (Å²) in [5, 5.41) is 2.89. The topological polar surface area (TPSA) is 79.0 Å². The van der Waals surface area contributed by atoms with E-state index in [-0.39, 0.29) is 18.9 Å². The first-order valence-corrected chi connectivity index (χ1v) is 12.0. The van der Waals surface area contributed by atoms with E-state index in [0.717, 1.165) is 43.2 Å². The summed E-state index contributed by atoms with van der Waals surface area (Å²) in [5.41, 5.74) is 3.38. The maximum Gasteiger partial charge on any atom is 0.232 e. The molecule has 1 aliphatic rings. The molecular weight excluding hydrogens is 402 g/mol. The highest BCUT2D eigenvalue weighted by Gasteiger charge is 2.19. The number of nitrogens with one attached hydrogen (secondary N) is 1. The van der Waals surface area contributed by atoms with Crippen LogP contribution < -0.4 is 14.5 Å². The molecule has 2 aromatic carbocycles. The molecule has 1 N–H and O–H groups in total. The van der Waals surface area contributed by atoms with Crippen molar-refractivity contribution in [1.29, 1.82) is 0 Å². The number of ether oxygens (including phenoxy) is 1. The Balaban J connectivity index is 1.53. The van der Waals surface area contributed by atoms with E-state index in [4.69, 9.17) is 4.74 Å². The van der Waals surface area contributed by atoms with Crippen LogP contribution >= 0.6 is 0 Å². The molecule has 0 aromatic heterocycles. The molecule has 30 heavy (non-hydrogen) atoms. The number of carbonyl (C=O) groups is 1. The number of benzene rings is 2. The quantitative estimate of drug-likeness (QED) is 0.695. The summed E-state index contributed by atoms with van der Waals surface area (Å²) in [4.78, 5) is 14.6. The number of aryl methyl sites for hydroxylation is 1. The summed E-state index contributed by atoms with van der Waals surface area (Å²) in [6.07, 6.45) is 1.86. The smallest absolute Gasteiger partial charge is 0.232 e. The van der Waals surface area contributed by atoms with Gasteiger partial charge in [0, 0.05) is 37.4 Å². The second kappa shape index (κ2) is 9.95. The lowest BCUT2D eigenvalue weighted by molar-refractivity contribution is -0.116. The van der Waals surface area contributed by atoms with E-state index in [2.05, 4.69) is 10.2 Å². The molecule has 1 heterocycles. The highest BCUT2D eigenvalue weighted by atomic mass is 32.2. The fraction of sp³-hybridized carbons (Fsp3) is 0.409. The van der Waals surface area contributed by atoms with Crippen LogP contribution in [0.3, 0.4) is 0 Å². The molecule has 0 radical (unpaired) electrons. The maximum atomic E-state index is 12.3. The molecule has 0 aliphatic carbocycles. The van der Waals surface area contributed by atoms with Crippen molar-refractivity contribution in [3.8, 4) is 0 Å². The zero-order valence-corrected chi connectivity index (χ0v) is 18.3. The van der Waals surface area contributed by atoms with Gasteiger partial charge in [-0.1, -0.05) is 18.2 Å². The third-order valence-corrected chi connectivity index (χ3v) is 6.26. The van der Waals surface area contributed by atoms with Gasteiger partial charge in [-0.3, -0.25) is 9.10 Å². The summed E-state index contributed by atoms with van der Waals surface area (Å²) >= 11 is 0. The van der Waals surface area contributed by atoms with Crippen molar-refractivity contribution in [2.75, 3.05) is 53.6 Å². The van der Waals surface area contributed by atoms with Crippen LogP contribution in [0.25, 0.3) is 0 Å². The number of carbonyl (C=O) groups excluding carboxylic acids is 1. The number of morpholine rings is 1. The highest BCUT2D eigenvalue weighted by molar-refractivity contribution is 7.92. The normalized spacial score (nSPS) is 14.4. The molecule has 3 rings (SSSR count). The number of hydrogen-bond donors (Lipinski definition) is 1. The lowest BCUT2D eigenvalue weighted by atomic mass is 10.2. The number of rotatable bonds is 8. The number of amides is 1. The van der Waals surface area contributed by atoms with E-state index in [1.807, 2.05) is 49.4 Å². The monoisotopic (exact) mass is 431 g/mol. The van der Waals surface area contributed by atoms with Crippen molar-refractivity contribution >= 4 is 33.0 Å². The highest BCUT2D eigenvalue weighted by Crippen LogP contribution is 2.23. The molecule has 1 aliphatic heterocycles. The van der Waals surface area contributed by atoms with Gasteiger partial charge in [0.25, 0.3) is 0 Å². The largest absolute Gasteiger partial charge is 0.378 e. The van der Waals surface area contributed by atoms with Gasteiger partial charge in [0.1, 0.15) is 0 Å². The first-order chi connectivity index (χ1) is 14.3. The average Bonchev–Trinajstić information content (AvgIpc) is 2.72. The SMILES string of the molecule is Cc1ccccc1N(CCCC(=O)Nc1ccc(N2CCOCC2)cc1)S(C)(=O)=O. The molecule has 162 valence electrons. The van der Waals surface area contributed by atoms with Gasteiger partial charge in [-0.05, 0) is 49.2 Å². The molecule has 2 aromatic rings. The van der Waals surface area contributed by atoms with Gasteiger partial charge in [0.05, 0.1) is 25.2 Å². The van der Waals surface area contributed by atoms with Crippen molar-refractivity contribution in [2.24, 2.45) is 0 Å². The molecule has 0 atom stereocenters. The van der Waals surface area contributed by atoms with Gasteiger partial charge in [-0.15, -0.1) is 0 Å². The zero-order valence-electron chi connectivity index (χ0n) is 17.5. The van der Waals surface area contributed by atoms with E-state index in [1.54, 1.807) is 6.07 Å². The molecule has 7 nitrogen and oxygen atoms in total. The lowest BCUT2D eigenvalue weighted by Crippen LogP contribution is -2.36. The minimum Gasteiger partial charge on any atom is -0.378 e. The fourth-order valence-corrected chi connectivity index (χ4v) is 4.51. The van der Waals surface area contributed by atoms with Crippen LogP contribution in [0.15, 0.2) is 48.5 Å². The van der Waals surface area contributed by atoms with Crippen molar-refractivity contribution < 1.29 is 17.9 Å². The third kappa shape index (κ3) is 5.96. The van der Waals surface area contributed by atoms with E-state index in [0.29, 0.717) is 12.1 Å². The van der Waals surface area contributed by atoms with Crippen molar-refractivity contribution in [3.63, 3.8) is 0 Å². The van der Waals surface area contributed by atoms with Crippen LogP contribution in [0.5, 0.6) is 0 Å². The summed E-state index contributed by atoms with van der Waals surface area (Å²) < 4.78 is 31.2. The molecule has 0 saturated carbocycles. The van der Waals surface area contributed by atoms with Crippen LogP contribution in [0, 0.1) is 6.92 Å². The van der Waals surface area contributed by atoms with Crippen LogP contribution in [-0.2, 0) is 19.6 Å².